The molecule has 3 heterocycles. The van der Waals surface area contributed by atoms with Crippen LogP contribution in [0.15, 0.2) is 36.7 Å². The summed E-state index contributed by atoms with van der Waals surface area (Å²) >= 11 is 0. The first-order valence-electron chi connectivity index (χ1n) is 12.2. The first-order chi connectivity index (χ1) is 16.5. The first kappa shape index (κ1) is 24.2. The Hall–Kier alpha value is -2.91. The molecular weight excluding hydrogens is 432 g/mol. The molecule has 34 heavy (non-hydrogen) atoms. The van der Waals surface area contributed by atoms with Crippen LogP contribution in [0.2, 0.25) is 0 Å². The lowest BCUT2D eigenvalue weighted by atomic mass is 9.92. The number of amides is 1. The van der Waals surface area contributed by atoms with Gasteiger partial charge in [-0.2, -0.15) is 0 Å². The molecular formula is C25H36N6O3. The molecule has 9 heteroatoms. The summed E-state index contributed by atoms with van der Waals surface area (Å²) in [5, 5.41) is 17.6. The van der Waals surface area contributed by atoms with E-state index in [-0.39, 0.29) is 5.91 Å². The molecule has 184 valence electrons. The zero-order valence-electron chi connectivity index (χ0n) is 20.0. The summed E-state index contributed by atoms with van der Waals surface area (Å²) in [5.41, 5.74) is 0.337. The van der Waals surface area contributed by atoms with Gasteiger partial charge >= 0.3 is 0 Å². The van der Waals surface area contributed by atoms with Crippen molar-refractivity contribution in [2.45, 2.75) is 44.2 Å². The predicted octanol–water partition coefficient (Wildman–Crippen LogP) is 2.03. The van der Waals surface area contributed by atoms with Crippen LogP contribution in [0.5, 0.6) is 5.75 Å². The van der Waals surface area contributed by atoms with Gasteiger partial charge in [-0.25, -0.2) is 9.97 Å². The number of carbonyl (C=O) groups is 1. The molecule has 0 saturated carbocycles. The van der Waals surface area contributed by atoms with Gasteiger partial charge in [0.25, 0.3) is 0 Å². The minimum atomic E-state index is -0.803. The first-order valence-corrected chi connectivity index (χ1v) is 12.2. The van der Waals surface area contributed by atoms with Crippen LogP contribution in [-0.2, 0) is 11.3 Å². The number of hydrogen-bond acceptors (Lipinski definition) is 8. The highest BCUT2D eigenvalue weighted by Gasteiger charge is 2.33. The lowest BCUT2D eigenvalue weighted by molar-refractivity contribution is -0.127. The van der Waals surface area contributed by atoms with Gasteiger partial charge in [0.1, 0.15) is 23.7 Å². The highest BCUT2D eigenvalue weighted by atomic mass is 16.5. The van der Waals surface area contributed by atoms with Crippen molar-refractivity contribution in [3.63, 3.8) is 0 Å². The van der Waals surface area contributed by atoms with E-state index in [9.17, 15) is 9.90 Å². The van der Waals surface area contributed by atoms with Gasteiger partial charge in [-0.3, -0.25) is 4.79 Å². The van der Waals surface area contributed by atoms with Crippen LogP contribution in [0, 0.1) is 0 Å². The Morgan fingerprint density at radius 2 is 2.03 bits per heavy atom. The maximum atomic E-state index is 11.6. The van der Waals surface area contributed by atoms with E-state index in [0.29, 0.717) is 32.7 Å². The molecule has 2 saturated heterocycles. The largest absolute Gasteiger partial charge is 0.494 e. The van der Waals surface area contributed by atoms with Crippen LogP contribution < -0.4 is 20.3 Å². The number of piperidine rings is 1. The fourth-order valence-corrected chi connectivity index (χ4v) is 4.64. The summed E-state index contributed by atoms with van der Waals surface area (Å²) in [6, 6.07) is 9.95. The summed E-state index contributed by atoms with van der Waals surface area (Å²) in [4.78, 5) is 24.2. The number of anilines is 2. The van der Waals surface area contributed by atoms with Crippen LogP contribution in [0.3, 0.4) is 0 Å². The average molecular weight is 469 g/mol. The molecule has 2 aliphatic rings. The summed E-state index contributed by atoms with van der Waals surface area (Å²) in [6.07, 6.45) is 5.73. The van der Waals surface area contributed by atoms with E-state index in [1.54, 1.807) is 6.33 Å². The normalized spacial score (nSPS) is 20.6. The van der Waals surface area contributed by atoms with Crippen LogP contribution >= 0.6 is 0 Å². The number of aliphatic hydroxyl groups is 1. The summed E-state index contributed by atoms with van der Waals surface area (Å²) in [6.45, 7) is 4.86. The molecule has 1 atom stereocenters. The molecule has 0 aliphatic carbocycles. The Morgan fingerprint density at radius 3 is 2.79 bits per heavy atom. The van der Waals surface area contributed by atoms with Crippen molar-refractivity contribution >= 4 is 17.5 Å². The molecule has 9 nitrogen and oxygen atoms in total. The maximum Gasteiger partial charge on any atom is 0.222 e. The Balaban J connectivity index is 1.18. The van der Waals surface area contributed by atoms with E-state index in [1.807, 2.05) is 42.3 Å². The van der Waals surface area contributed by atoms with Crippen molar-refractivity contribution in [1.82, 2.24) is 20.2 Å². The van der Waals surface area contributed by atoms with Crippen LogP contribution in [-0.4, -0.2) is 77.9 Å². The van der Waals surface area contributed by atoms with Crippen molar-refractivity contribution in [2.75, 3.05) is 56.6 Å². The van der Waals surface area contributed by atoms with Crippen molar-refractivity contribution in [3.8, 4) is 5.75 Å². The average Bonchev–Trinajstić information content (AvgIpc) is 3.27. The van der Waals surface area contributed by atoms with E-state index in [2.05, 4.69) is 25.5 Å². The van der Waals surface area contributed by atoms with Gasteiger partial charge < -0.3 is 30.3 Å². The Bertz CT molecular complexity index is 941. The molecule has 0 radical (unpaired) electrons. The van der Waals surface area contributed by atoms with Gasteiger partial charge in [-0.05, 0) is 43.4 Å². The fraction of sp³-hybridized carbons (Fsp3) is 0.560. The molecule has 0 bridgehead atoms. The van der Waals surface area contributed by atoms with Crippen LogP contribution in [0.4, 0.5) is 11.6 Å². The van der Waals surface area contributed by atoms with Gasteiger partial charge in [0.15, 0.2) is 0 Å². The van der Waals surface area contributed by atoms with E-state index in [4.69, 9.17) is 4.74 Å². The number of carbonyl (C=O) groups excluding carboxylic acids is 1. The van der Waals surface area contributed by atoms with Crippen molar-refractivity contribution in [2.24, 2.45) is 0 Å². The molecule has 2 aromatic rings. The third-order valence-corrected chi connectivity index (χ3v) is 6.51. The molecule has 1 amide bonds. The molecule has 4 rings (SSSR count). The third-order valence-electron chi connectivity index (χ3n) is 6.51. The quantitative estimate of drug-likeness (QED) is 0.431. The Labute approximate surface area is 201 Å². The maximum absolute atomic E-state index is 11.6. The molecule has 1 aromatic heterocycles. The highest BCUT2D eigenvalue weighted by Crippen LogP contribution is 2.25. The number of aromatic nitrogens is 2. The second-order valence-corrected chi connectivity index (χ2v) is 9.19. The lowest BCUT2D eigenvalue weighted by Crippen LogP contribution is -2.53. The lowest BCUT2D eigenvalue weighted by Gasteiger charge is -2.40. The monoisotopic (exact) mass is 468 g/mol. The zero-order chi connectivity index (χ0) is 23.8. The SMILES string of the molecule is CNc1cc(N2CCC[C@@](O)(CNCc3ccc(OCCCN4CCCC4=O)cc3)C2)ncn1. The van der Waals surface area contributed by atoms with Crippen molar-refractivity contribution in [1.29, 1.82) is 0 Å². The number of likely N-dealkylation sites (tertiary alicyclic amines) is 1. The van der Waals surface area contributed by atoms with Crippen LogP contribution in [0.1, 0.15) is 37.7 Å². The topological polar surface area (TPSA) is 103 Å². The van der Waals surface area contributed by atoms with Gasteiger partial charge in [-0.1, -0.05) is 12.1 Å². The second kappa shape index (κ2) is 11.5. The van der Waals surface area contributed by atoms with E-state index < -0.39 is 5.60 Å². The second-order valence-electron chi connectivity index (χ2n) is 9.19. The number of nitrogens with zero attached hydrogens (tertiary/aromatic N) is 4. The predicted molar refractivity (Wildman–Crippen MR) is 132 cm³/mol. The molecule has 0 unspecified atom stereocenters. The Kier molecular flexibility index (Phi) is 8.18. The number of ether oxygens (including phenoxy) is 1. The molecule has 0 spiro atoms. The molecule has 3 N–H and O–H groups in total. The number of hydrogen-bond donors (Lipinski definition) is 3. The van der Waals surface area contributed by atoms with Gasteiger partial charge in [-0.15, -0.1) is 0 Å². The van der Waals surface area contributed by atoms with E-state index in [1.165, 1.54) is 0 Å². The molecule has 2 fully saturated rings. The van der Waals surface area contributed by atoms with Crippen molar-refractivity contribution in [3.05, 3.63) is 42.2 Å². The smallest absolute Gasteiger partial charge is 0.222 e. The zero-order valence-corrected chi connectivity index (χ0v) is 20.0. The number of benzene rings is 1. The van der Waals surface area contributed by atoms with Gasteiger partial charge in [0.05, 0.1) is 12.2 Å². The van der Waals surface area contributed by atoms with Crippen LogP contribution in [0.25, 0.3) is 0 Å². The van der Waals surface area contributed by atoms with E-state index >= 15 is 0 Å². The summed E-state index contributed by atoms with van der Waals surface area (Å²) in [7, 11) is 1.83. The number of rotatable bonds is 11. The third kappa shape index (κ3) is 6.57. The van der Waals surface area contributed by atoms with Gasteiger partial charge in [0, 0.05) is 58.8 Å². The fourth-order valence-electron chi connectivity index (χ4n) is 4.64. The Morgan fingerprint density at radius 1 is 1.18 bits per heavy atom. The molecule has 1 aromatic carbocycles. The molecule has 2 aliphatic heterocycles. The van der Waals surface area contributed by atoms with Crippen molar-refractivity contribution < 1.29 is 14.6 Å². The summed E-state index contributed by atoms with van der Waals surface area (Å²) < 4.78 is 5.82. The minimum absolute atomic E-state index is 0.263. The van der Waals surface area contributed by atoms with Gasteiger partial charge in [0.2, 0.25) is 5.91 Å². The summed E-state index contributed by atoms with van der Waals surface area (Å²) in [5.74, 6) is 2.70. The number of nitrogens with one attached hydrogen (secondary N) is 2. The van der Waals surface area contributed by atoms with E-state index in [0.717, 1.165) is 68.3 Å². The highest BCUT2D eigenvalue weighted by molar-refractivity contribution is 5.77. The minimum Gasteiger partial charge on any atom is -0.494 e. The number of β-amino-alcohol motifs (C(OH)–C–C–N with tert-alkyl or cyclic N) is 1. The standard InChI is InChI=1S/C25H36N6O3/c1-26-22-15-23(29-19-28-22)31-12-3-10-25(33,18-31)17-27-16-20-6-8-21(9-7-20)34-14-4-13-30-11-2-5-24(30)32/h6-9,15,19,27,33H,2-5,10-14,16-18H2,1H3,(H,26,28,29)/t25-/m1/s1.